The smallest absolute Gasteiger partial charge is 0.329 e. The Morgan fingerprint density at radius 1 is 1.35 bits per heavy atom. The molecule has 0 spiro atoms. The summed E-state index contributed by atoms with van der Waals surface area (Å²) in [5, 5.41) is 11.6. The van der Waals surface area contributed by atoms with Crippen LogP contribution < -0.4 is 10.1 Å². The molecular formula is C14H17NO4S. The SMILES string of the molecule is CSc1ccc(OC(C)C(=O)NC2(C(=O)O)CC2)cc1. The van der Waals surface area contributed by atoms with E-state index in [9.17, 15) is 9.59 Å². The van der Waals surface area contributed by atoms with Crippen molar-refractivity contribution in [1.82, 2.24) is 5.32 Å². The summed E-state index contributed by atoms with van der Waals surface area (Å²) in [5.74, 6) is -0.799. The van der Waals surface area contributed by atoms with E-state index in [2.05, 4.69) is 5.32 Å². The van der Waals surface area contributed by atoms with E-state index in [4.69, 9.17) is 9.84 Å². The maximum Gasteiger partial charge on any atom is 0.329 e. The van der Waals surface area contributed by atoms with Crippen molar-refractivity contribution < 1.29 is 19.4 Å². The second kappa shape index (κ2) is 5.75. The van der Waals surface area contributed by atoms with Gasteiger partial charge in [0.2, 0.25) is 0 Å². The summed E-state index contributed by atoms with van der Waals surface area (Å²) in [5.41, 5.74) is -1.07. The van der Waals surface area contributed by atoms with E-state index in [0.717, 1.165) is 4.90 Å². The summed E-state index contributed by atoms with van der Waals surface area (Å²) in [6.45, 7) is 1.61. The number of hydrogen-bond donors (Lipinski definition) is 2. The number of carbonyl (C=O) groups excluding carboxylic acids is 1. The zero-order chi connectivity index (χ0) is 14.8. The molecule has 0 aromatic heterocycles. The predicted molar refractivity (Wildman–Crippen MR) is 76.1 cm³/mol. The largest absolute Gasteiger partial charge is 0.481 e. The van der Waals surface area contributed by atoms with Gasteiger partial charge in [-0.1, -0.05) is 0 Å². The first kappa shape index (κ1) is 14.7. The van der Waals surface area contributed by atoms with Crippen LogP contribution in [0.4, 0.5) is 0 Å². The van der Waals surface area contributed by atoms with E-state index >= 15 is 0 Å². The molecular weight excluding hydrogens is 278 g/mol. The van der Waals surface area contributed by atoms with Gasteiger partial charge < -0.3 is 15.2 Å². The van der Waals surface area contributed by atoms with Crippen molar-refractivity contribution in [3.63, 3.8) is 0 Å². The molecule has 0 bridgehead atoms. The van der Waals surface area contributed by atoms with Crippen molar-refractivity contribution >= 4 is 23.6 Å². The van der Waals surface area contributed by atoms with Gasteiger partial charge in [0.1, 0.15) is 11.3 Å². The van der Waals surface area contributed by atoms with Gasteiger partial charge in [-0.05, 0) is 50.3 Å². The minimum absolute atomic E-state index is 0.404. The summed E-state index contributed by atoms with van der Waals surface area (Å²) in [7, 11) is 0. The number of carbonyl (C=O) groups is 2. The number of rotatable bonds is 6. The first-order valence-electron chi connectivity index (χ1n) is 6.33. The zero-order valence-electron chi connectivity index (χ0n) is 11.4. The van der Waals surface area contributed by atoms with Crippen molar-refractivity contribution in [3.8, 4) is 5.75 Å². The second-order valence-corrected chi connectivity index (χ2v) is 5.69. The molecule has 1 saturated carbocycles. The molecule has 1 aliphatic carbocycles. The summed E-state index contributed by atoms with van der Waals surface area (Å²) in [4.78, 5) is 24.0. The molecule has 108 valence electrons. The highest BCUT2D eigenvalue weighted by molar-refractivity contribution is 7.98. The van der Waals surface area contributed by atoms with Crippen molar-refractivity contribution in [3.05, 3.63) is 24.3 Å². The van der Waals surface area contributed by atoms with Crippen LogP contribution in [0, 0.1) is 0 Å². The van der Waals surface area contributed by atoms with Crippen molar-refractivity contribution in [2.45, 2.75) is 36.3 Å². The Bertz CT molecular complexity index is 510. The van der Waals surface area contributed by atoms with Crippen LogP contribution in [-0.2, 0) is 9.59 Å². The van der Waals surface area contributed by atoms with Gasteiger partial charge in [-0.3, -0.25) is 4.79 Å². The van der Waals surface area contributed by atoms with Crippen molar-refractivity contribution in [1.29, 1.82) is 0 Å². The average molecular weight is 295 g/mol. The normalized spacial score (nSPS) is 17.1. The molecule has 1 amide bonds. The Hall–Kier alpha value is -1.69. The molecule has 1 atom stereocenters. The fourth-order valence-electron chi connectivity index (χ4n) is 1.77. The fraction of sp³-hybridized carbons (Fsp3) is 0.429. The lowest BCUT2D eigenvalue weighted by Crippen LogP contribution is -2.48. The van der Waals surface area contributed by atoms with E-state index in [1.807, 2.05) is 18.4 Å². The fourth-order valence-corrected chi connectivity index (χ4v) is 2.17. The molecule has 1 aliphatic rings. The van der Waals surface area contributed by atoms with E-state index in [-0.39, 0.29) is 0 Å². The van der Waals surface area contributed by atoms with Gasteiger partial charge >= 0.3 is 5.97 Å². The first-order valence-corrected chi connectivity index (χ1v) is 7.55. The van der Waals surface area contributed by atoms with Crippen LogP contribution >= 0.6 is 11.8 Å². The molecule has 0 saturated heterocycles. The van der Waals surface area contributed by atoms with Gasteiger partial charge in [0.25, 0.3) is 5.91 Å². The van der Waals surface area contributed by atoms with Crippen LogP contribution in [0.15, 0.2) is 29.2 Å². The van der Waals surface area contributed by atoms with E-state index in [1.165, 1.54) is 0 Å². The monoisotopic (exact) mass is 295 g/mol. The Morgan fingerprint density at radius 3 is 2.40 bits per heavy atom. The molecule has 1 aromatic rings. The maximum atomic E-state index is 11.9. The number of ether oxygens (including phenoxy) is 1. The van der Waals surface area contributed by atoms with Gasteiger partial charge in [-0.25, -0.2) is 4.79 Å². The molecule has 1 fully saturated rings. The lowest BCUT2D eigenvalue weighted by molar-refractivity contribution is -0.144. The van der Waals surface area contributed by atoms with Crippen LogP contribution in [0.5, 0.6) is 5.75 Å². The number of carboxylic acids is 1. The Labute approximate surface area is 121 Å². The number of nitrogens with one attached hydrogen (secondary N) is 1. The lowest BCUT2D eigenvalue weighted by atomic mass is 10.2. The standard InChI is InChI=1S/C14H17NO4S/c1-9(12(16)15-14(7-8-14)13(17)18)19-10-3-5-11(20-2)6-4-10/h3-6,9H,7-8H2,1-2H3,(H,15,16)(H,17,18). The van der Waals surface area contributed by atoms with Crippen LogP contribution in [0.2, 0.25) is 0 Å². The third-order valence-corrected chi connectivity index (χ3v) is 4.01. The number of hydrogen-bond acceptors (Lipinski definition) is 4. The predicted octanol–water partition coefficient (Wildman–Crippen LogP) is 1.91. The molecule has 1 unspecified atom stereocenters. The molecule has 0 aliphatic heterocycles. The van der Waals surface area contributed by atoms with Gasteiger partial charge in [0, 0.05) is 4.90 Å². The molecule has 2 rings (SSSR count). The van der Waals surface area contributed by atoms with E-state index in [0.29, 0.717) is 18.6 Å². The minimum Gasteiger partial charge on any atom is -0.481 e. The molecule has 1 aromatic carbocycles. The molecule has 2 N–H and O–H groups in total. The van der Waals surface area contributed by atoms with Crippen LogP contribution in [0.3, 0.4) is 0 Å². The van der Waals surface area contributed by atoms with Crippen LogP contribution in [0.25, 0.3) is 0 Å². The van der Waals surface area contributed by atoms with Crippen LogP contribution in [0.1, 0.15) is 19.8 Å². The van der Waals surface area contributed by atoms with Gasteiger partial charge in [-0.15, -0.1) is 11.8 Å². The molecule has 6 heteroatoms. The van der Waals surface area contributed by atoms with Crippen molar-refractivity contribution in [2.75, 3.05) is 6.26 Å². The summed E-state index contributed by atoms with van der Waals surface area (Å²) in [6, 6.07) is 7.40. The third kappa shape index (κ3) is 3.25. The Balaban J connectivity index is 1.92. The number of benzene rings is 1. The molecule has 0 radical (unpaired) electrons. The summed E-state index contributed by atoms with van der Waals surface area (Å²) < 4.78 is 5.51. The highest BCUT2D eigenvalue weighted by atomic mass is 32.2. The van der Waals surface area contributed by atoms with Gasteiger partial charge in [0.05, 0.1) is 0 Å². The number of amides is 1. The van der Waals surface area contributed by atoms with Gasteiger partial charge in [-0.2, -0.15) is 0 Å². The zero-order valence-corrected chi connectivity index (χ0v) is 12.2. The van der Waals surface area contributed by atoms with Crippen molar-refractivity contribution in [2.24, 2.45) is 0 Å². The Kier molecular flexibility index (Phi) is 4.23. The van der Waals surface area contributed by atoms with Gasteiger partial charge in [0.15, 0.2) is 6.10 Å². The number of thioether (sulfide) groups is 1. The first-order chi connectivity index (χ1) is 9.47. The van der Waals surface area contributed by atoms with E-state index < -0.39 is 23.5 Å². The van der Waals surface area contributed by atoms with Crippen LogP contribution in [-0.4, -0.2) is 34.9 Å². The topological polar surface area (TPSA) is 75.6 Å². The summed E-state index contributed by atoms with van der Waals surface area (Å²) >= 11 is 1.62. The third-order valence-electron chi connectivity index (χ3n) is 3.26. The van der Waals surface area contributed by atoms with E-state index in [1.54, 1.807) is 30.8 Å². The molecule has 20 heavy (non-hydrogen) atoms. The quantitative estimate of drug-likeness (QED) is 0.784. The lowest BCUT2D eigenvalue weighted by Gasteiger charge is -2.18. The minimum atomic E-state index is -1.07. The highest BCUT2D eigenvalue weighted by Crippen LogP contribution is 2.35. The Morgan fingerprint density at radius 2 is 1.95 bits per heavy atom. The number of carboxylic acid groups (broad SMARTS) is 1. The number of aliphatic carboxylic acids is 1. The summed E-state index contributed by atoms with van der Waals surface area (Å²) in [6.07, 6.45) is 2.20. The molecule has 0 heterocycles. The maximum absolute atomic E-state index is 11.9. The molecule has 5 nitrogen and oxygen atoms in total. The second-order valence-electron chi connectivity index (χ2n) is 4.81. The average Bonchev–Trinajstić information content (AvgIpc) is 3.20. The highest BCUT2D eigenvalue weighted by Gasteiger charge is 2.52.